The summed E-state index contributed by atoms with van der Waals surface area (Å²) in [6, 6.07) is 7.34. The van der Waals surface area contributed by atoms with Gasteiger partial charge in [-0.3, -0.25) is 9.67 Å². The summed E-state index contributed by atoms with van der Waals surface area (Å²) in [5, 5.41) is 8.79. The van der Waals surface area contributed by atoms with E-state index in [1.165, 1.54) is 41.8 Å². The van der Waals surface area contributed by atoms with E-state index in [-0.39, 0.29) is 12.3 Å². The van der Waals surface area contributed by atoms with Crippen LogP contribution in [0.2, 0.25) is 0 Å². The van der Waals surface area contributed by atoms with Gasteiger partial charge in [0.15, 0.2) is 0 Å². The molecule has 1 aliphatic carbocycles. The molecule has 10 heteroatoms. The number of aryl methyl sites for hydroxylation is 2. The number of pyridine rings is 1. The molecule has 0 spiro atoms. The largest absolute Gasteiger partial charge is 0.487 e. The highest BCUT2D eigenvalue weighted by Crippen LogP contribution is 2.31. The van der Waals surface area contributed by atoms with Gasteiger partial charge in [-0.1, -0.05) is 0 Å². The lowest BCUT2D eigenvalue weighted by atomic mass is 10.1. The van der Waals surface area contributed by atoms with E-state index in [0.29, 0.717) is 40.7 Å². The molecule has 0 N–H and O–H groups in total. The van der Waals surface area contributed by atoms with E-state index in [0.717, 1.165) is 22.3 Å². The predicted molar refractivity (Wildman–Crippen MR) is 132 cm³/mol. The van der Waals surface area contributed by atoms with Crippen molar-refractivity contribution in [2.24, 2.45) is 5.92 Å². The molecular formula is C26H25BrF3N5O. The number of ether oxygens (including phenoxy) is 1. The van der Waals surface area contributed by atoms with E-state index in [4.69, 9.17) is 4.74 Å². The van der Waals surface area contributed by atoms with Crippen molar-refractivity contribution in [3.8, 4) is 11.4 Å². The Kier molecular flexibility index (Phi) is 6.87. The summed E-state index contributed by atoms with van der Waals surface area (Å²) in [7, 11) is 0. The Morgan fingerprint density at radius 2 is 1.89 bits per heavy atom. The predicted octanol–water partition coefficient (Wildman–Crippen LogP) is 6.50. The first-order valence-corrected chi connectivity index (χ1v) is 12.5. The van der Waals surface area contributed by atoms with Crippen molar-refractivity contribution in [1.29, 1.82) is 0 Å². The Hall–Kier alpha value is -3.14. The molecule has 4 aromatic rings. The van der Waals surface area contributed by atoms with Crippen molar-refractivity contribution in [1.82, 2.24) is 24.5 Å². The summed E-state index contributed by atoms with van der Waals surface area (Å²) in [6.45, 7) is 4.60. The maximum Gasteiger partial charge on any atom is 0.282 e. The lowest BCUT2D eigenvalue weighted by Crippen LogP contribution is -2.09. The summed E-state index contributed by atoms with van der Waals surface area (Å²) in [4.78, 5) is 4.25. The third-order valence-corrected chi connectivity index (χ3v) is 6.68. The zero-order valence-corrected chi connectivity index (χ0v) is 21.5. The number of aromatic nitrogens is 5. The second-order valence-electron chi connectivity index (χ2n) is 9.15. The Bertz CT molecular complexity index is 1400. The van der Waals surface area contributed by atoms with E-state index in [9.17, 15) is 13.2 Å². The summed E-state index contributed by atoms with van der Waals surface area (Å²) < 4.78 is 51.7. The van der Waals surface area contributed by atoms with Crippen LogP contribution in [0.5, 0.6) is 5.75 Å². The molecule has 6 nitrogen and oxygen atoms in total. The highest BCUT2D eigenvalue weighted by atomic mass is 79.9. The molecule has 36 heavy (non-hydrogen) atoms. The van der Waals surface area contributed by atoms with Crippen molar-refractivity contribution in [2.45, 2.75) is 52.7 Å². The van der Waals surface area contributed by atoms with Gasteiger partial charge < -0.3 is 4.74 Å². The van der Waals surface area contributed by atoms with E-state index in [1.807, 2.05) is 17.8 Å². The fraction of sp³-hybridized carbons (Fsp3) is 0.346. The first kappa shape index (κ1) is 24.5. The van der Waals surface area contributed by atoms with Gasteiger partial charge in [0.2, 0.25) is 0 Å². The van der Waals surface area contributed by atoms with Crippen LogP contribution in [0.3, 0.4) is 0 Å². The number of halogens is 4. The Labute approximate surface area is 215 Å². The lowest BCUT2D eigenvalue weighted by Gasteiger charge is -2.15. The number of benzene rings is 1. The normalized spacial score (nSPS) is 13.5. The fourth-order valence-corrected chi connectivity index (χ4v) is 4.45. The Morgan fingerprint density at radius 3 is 2.64 bits per heavy atom. The van der Waals surface area contributed by atoms with Gasteiger partial charge in [-0.05, 0) is 84.4 Å². The molecule has 0 bridgehead atoms. The third-order valence-electron chi connectivity index (χ3n) is 6.25. The summed E-state index contributed by atoms with van der Waals surface area (Å²) in [5.74, 6) is 0.743. The average Bonchev–Trinajstić information content (AvgIpc) is 3.44. The minimum absolute atomic E-state index is 0.00767. The van der Waals surface area contributed by atoms with Crippen molar-refractivity contribution >= 4 is 15.9 Å². The molecule has 3 heterocycles. The number of nitrogens with zero attached hydrogens (tertiary/aromatic N) is 5. The van der Waals surface area contributed by atoms with Crippen LogP contribution in [0.15, 0.2) is 47.2 Å². The van der Waals surface area contributed by atoms with Gasteiger partial charge in [0.05, 0.1) is 17.1 Å². The van der Waals surface area contributed by atoms with Gasteiger partial charge in [0, 0.05) is 41.1 Å². The molecule has 1 aromatic carbocycles. The number of rotatable bonds is 9. The average molecular weight is 560 g/mol. The highest BCUT2D eigenvalue weighted by Gasteiger charge is 2.24. The Morgan fingerprint density at radius 1 is 1.08 bits per heavy atom. The fourth-order valence-electron chi connectivity index (χ4n) is 4.13. The SMILES string of the molecule is Cc1nn(CC2CC2)cc1Cc1cc(C(F)F)nn1-c1ccc(F)cc1COc1cc(Br)cnc1C. The molecule has 0 unspecified atom stereocenters. The second-order valence-corrected chi connectivity index (χ2v) is 10.1. The highest BCUT2D eigenvalue weighted by molar-refractivity contribution is 9.10. The maximum absolute atomic E-state index is 14.2. The zero-order valence-electron chi connectivity index (χ0n) is 19.9. The van der Waals surface area contributed by atoms with Crippen LogP contribution in [0.25, 0.3) is 5.69 Å². The zero-order chi connectivity index (χ0) is 25.4. The lowest BCUT2D eigenvalue weighted by molar-refractivity contribution is 0.145. The molecule has 1 aliphatic rings. The molecule has 1 saturated carbocycles. The summed E-state index contributed by atoms with van der Waals surface area (Å²) in [6.07, 6.45) is 3.69. The topological polar surface area (TPSA) is 57.8 Å². The molecule has 0 amide bonds. The Balaban J connectivity index is 1.48. The second kappa shape index (κ2) is 10.1. The van der Waals surface area contributed by atoms with Crippen LogP contribution >= 0.6 is 15.9 Å². The van der Waals surface area contributed by atoms with Crippen molar-refractivity contribution in [3.63, 3.8) is 0 Å². The number of hydrogen-bond acceptors (Lipinski definition) is 4. The molecule has 0 radical (unpaired) electrons. The molecule has 1 fully saturated rings. The smallest absolute Gasteiger partial charge is 0.282 e. The first-order chi connectivity index (χ1) is 17.3. The summed E-state index contributed by atoms with van der Waals surface area (Å²) in [5.41, 5.74) is 3.64. The monoisotopic (exact) mass is 559 g/mol. The summed E-state index contributed by atoms with van der Waals surface area (Å²) >= 11 is 3.37. The van der Waals surface area contributed by atoms with Crippen LogP contribution < -0.4 is 4.74 Å². The van der Waals surface area contributed by atoms with Crippen LogP contribution in [-0.4, -0.2) is 24.5 Å². The molecule has 3 aromatic heterocycles. The van der Waals surface area contributed by atoms with Gasteiger partial charge in [-0.2, -0.15) is 10.2 Å². The van der Waals surface area contributed by atoms with Gasteiger partial charge in [-0.15, -0.1) is 0 Å². The maximum atomic E-state index is 14.2. The van der Waals surface area contributed by atoms with Crippen LogP contribution in [0.4, 0.5) is 13.2 Å². The van der Waals surface area contributed by atoms with Gasteiger partial charge in [-0.25, -0.2) is 17.9 Å². The van der Waals surface area contributed by atoms with Crippen molar-refractivity contribution < 1.29 is 17.9 Å². The van der Waals surface area contributed by atoms with Gasteiger partial charge in [0.1, 0.15) is 23.9 Å². The van der Waals surface area contributed by atoms with E-state index in [2.05, 4.69) is 31.1 Å². The van der Waals surface area contributed by atoms with Gasteiger partial charge in [0.25, 0.3) is 6.43 Å². The van der Waals surface area contributed by atoms with E-state index in [1.54, 1.807) is 19.2 Å². The third kappa shape index (κ3) is 5.48. The van der Waals surface area contributed by atoms with Crippen LogP contribution in [-0.2, 0) is 19.6 Å². The quantitative estimate of drug-likeness (QED) is 0.235. The molecule has 5 rings (SSSR count). The molecule has 188 valence electrons. The number of alkyl halides is 2. The van der Waals surface area contributed by atoms with Crippen molar-refractivity contribution in [2.75, 3.05) is 0 Å². The molecule has 0 aliphatic heterocycles. The van der Waals surface area contributed by atoms with Crippen LogP contribution in [0, 0.1) is 25.6 Å². The first-order valence-electron chi connectivity index (χ1n) is 11.7. The van der Waals surface area contributed by atoms with Crippen molar-refractivity contribution in [3.05, 3.63) is 86.9 Å². The molecule has 0 saturated heterocycles. The minimum atomic E-state index is -2.74. The minimum Gasteiger partial charge on any atom is -0.487 e. The van der Waals surface area contributed by atoms with E-state index >= 15 is 0 Å². The molecular weight excluding hydrogens is 535 g/mol. The van der Waals surface area contributed by atoms with Gasteiger partial charge >= 0.3 is 0 Å². The number of hydrogen-bond donors (Lipinski definition) is 0. The van der Waals surface area contributed by atoms with Crippen LogP contribution in [0.1, 0.15) is 53.2 Å². The van der Waals surface area contributed by atoms with E-state index < -0.39 is 12.2 Å². The molecule has 0 atom stereocenters. The standard InChI is InChI=1S/C26H25BrF3N5O/c1-15-18(13-34(32-15)12-17-3-4-17)8-22-10-23(26(29)30)33-35(22)24-6-5-21(28)7-19(24)14-36-25-9-20(27)11-31-16(25)2/h5-7,9-11,13,17,26H,3-4,8,12,14H2,1-2H3.